The number of hydrogen-bond acceptors (Lipinski definition) is 2. The highest BCUT2D eigenvalue weighted by Gasteiger charge is 2.43. The Bertz CT molecular complexity index is 285. The molecule has 76 valence electrons. The summed E-state index contributed by atoms with van der Waals surface area (Å²) < 4.78 is 25.3. The fraction of sp³-hybridized carbons (Fsp3) is 1.00. The largest absolute Gasteiger partial charge is 0.216 e. The van der Waals surface area contributed by atoms with Crippen molar-refractivity contribution in [3.63, 3.8) is 0 Å². The number of nitrogens with zero attached hydrogens (tertiary/aromatic N) is 1. The average molecular weight is 203 g/mol. The minimum atomic E-state index is -2.90. The maximum absolute atomic E-state index is 11.8. The lowest BCUT2D eigenvalue weighted by Gasteiger charge is -2.15. The molecule has 1 aliphatic heterocycles. The molecule has 0 aromatic carbocycles. The molecule has 13 heavy (non-hydrogen) atoms. The molecule has 1 saturated carbocycles. The standard InChI is InChI=1S/C9H17NO2S/c1-7-5-10(6-8(7)2)13(11,12)9-3-4-9/h7-9H,3-6H2,1-2H3. The number of rotatable bonds is 2. The minimum Gasteiger partial charge on any atom is -0.212 e. The SMILES string of the molecule is CC1CN(S(=O)(=O)C2CC2)CC1C. The van der Waals surface area contributed by atoms with Gasteiger partial charge in [0.2, 0.25) is 10.0 Å². The van der Waals surface area contributed by atoms with Crippen LogP contribution in [0.15, 0.2) is 0 Å². The van der Waals surface area contributed by atoms with E-state index in [0.29, 0.717) is 11.8 Å². The molecular weight excluding hydrogens is 186 g/mol. The fourth-order valence-corrected chi connectivity index (χ4v) is 3.90. The van der Waals surface area contributed by atoms with Gasteiger partial charge in [-0.25, -0.2) is 12.7 Å². The van der Waals surface area contributed by atoms with E-state index in [1.807, 2.05) is 0 Å². The first-order valence-corrected chi connectivity index (χ1v) is 6.51. The van der Waals surface area contributed by atoms with E-state index in [4.69, 9.17) is 0 Å². The normalized spacial score (nSPS) is 36.8. The van der Waals surface area contributed by atoms with Crippen LogP contribution in [0.5, 0.6) is 0 Å². The molecule has 0 radical (unpaired) electrons. The summed E-state index contributed by atoms with van der Waals surface area (Å²) >= 11 is 0. The molecule has 1 saturated heterocycles. The molecule has 4 heteroatoms. The van der Waals surface area contributed by atoms with Crippen molar-refractivity contribution < 1.29 is 8.42 Å². The Labute approximate surface area is 80.2 Å². The van der Waals surface area contributed by atoms with Crippen molar-refractivity contribution in [2.24, 2.45) is 11.8 Å². The van der Waals surface area contributed by atoms with Crippen LogP contribution in [0.25, 0.3) is 0 Å². The van der Waals surface area contributed by atoms with E-state index in [1.54, 1.807) is 4.31 Å². The first kappa shape index (κ1) is 9.46. The number of hydrogen-bond donors (Lipinski definition) is 0. The molecule has 0 bridgehead atoms. The molecule has 2 aliphatic rings. The summed E-state index contributed by atoms with van der Waals surface area (Å²) in [6, 6.07) is 0. The van der Waals surface area contributed by atoms with Crippen molar-refractivity contribution in [3.8, 4) is 0 Å². The Morgan fingerprint density at radius 2 is 1.54 bits per heavy atom. The van der Waals surface area contributed by atoms with Crippen LogP contribution in [0, 0.1) is 11.8 Å². The highest BCUT2D eigenvalue weighted by atomic mass is 32.2. The fourth-order valence-electron chi connectivity index (χ4n) is 1.86. The third-order valence-corrected chi connectivity index (χ3v) is 5.59. The van der Waals surface area contributed by atoms with Gasteiger partial charge in [0.05, 0.1) is 5.25 Å². The summed E-state index contributed by atoms with van der Waals surface area (Å²) in [5.74, 6) is 1.04. The molecule has 2 rings (SSSR count). The molecule has 3 nitrogen and oxygen atoms in total. The molecular formula is C9H17NO2S. The van der Waals surface area contributed by atoms with Crippen LogP contribution in [0.4, 0.5) is 0 Å². The smallest absolute Gasteiger partial charge is 0.212 e. The van der Waals surface area contributed by atoms with Crippen molar-refractivity contribution in [1.29, 1.82) is 0 Å². The van der Waals surface area contributed by atoms with Gasteiger partial charge in [0, 0.05) is 13.1 Å². The van der Waals surface area contributed by atoms with Gasteiger partial charge in [-0.2, -0.15) is 0 Å². The van der Waals surface area contributed by atoms with E-state index in [2.05, 4.69) is 13.8 Å². The maximum atomic E-state index is 11.8. The van der Waals surface area contributed by atoms with Crippen LogP contribution in [0.2, 0.25) is 0 Å². The van der Waals surface area contributed by atoms with E-state index < -0.39 is 10.0 Å². The predicted octanol–water partition coefficient (Wildman–Crippen LogP) is 1.07. The zero-order valence-corrected chi connectivity index (χ0v) is 9.05. The van der Waals surface area contributed by atoms with Gasteiger partial charge < -0.3 is 0 Å². The van der Waals surface area contributed by atoms with Crippen LogP contribution in [0.3, 0.4) is 0 Å². The van der Waals surface area contributed by atoms with Gasteiger partial charge in [-0.1, -0.05) is 13.8 Å². The van der Waals surface area contributed by atoms with E-state index in [0.717, 1.165) is 25.9 Å². The monoisotopic (exact) mass is 203 g/mol. The average Bonchev–Trinajstić information content (AvgIpc) is 2.81. The molecule has 2 atom stereocenters. The van der Waals surface area contributed by atoms with Gasteiger partial charge in [-0.15, -0.1) is 0 Å². The predicted molar refractivity (Wildman–Crippen MR) is 51.8 cm³/mol. The van der Waals surface area contributed by atoms with Gasteiger partial charge in [0.25, 0.3) is 0 Å². The summed E-state index contributed by atoms with van der Waals surface area (Å²) in [4.78, 5) is 0. The second-order valence-electron chi connectivity index (χ2n) is 4.52. The maximum Gasteiger partial charge on any atom is 0.216 e. The summed E-state index contributed by atoms with van der Waals surface area (Å²) in [6.45, 7) is 5.74. The van der Waals surface area contributed by atoms with Crippen LogP contribution >= 0.6 is 0 Å². The van der Waals surface area contributed by atoms with Gasteiger partial charge in [0.1, 0.15) is 0 Å². The zero-order chi connectivity index (χ0) is 9.64. The Morgan fingerprint density at radius 1 is 1.08 bits per heavy atom. The molecule has 0 aromatic rings. The molecule has 0 spiro atoms. The summed E-state index contributed by atoms with van der Waals surface area (Å²) in [5, 5.41) is -0.0370. The van der Waals surface area contributed by atoms with Crippen molar-refractivity contribution in [2.75, 3.05) is 13.1 Å². The molecule has 0 N–H and O–H groups in total. The first-order chi connectivity index (χ1) is 6.01. The molecule has 2 fully saturated rings. The molecule has 1 aliphatic carbocycles. The lowest BCUT2D eigenvalue weighted by molar-refractivity contribution is 0.462. The Balaban J connectivity index is 2.10. The summed E-state index contributed by atoms with van der Waals surface area (Å²) in [6.07, 6.45) is 1.75. The van der Waals surface area contributed by atoms with Crippen LogP contribution in [0.1, 0.15) is 26.7 Å². The first-order valence-electron chi connectivity index (χ1n) is 5.01. The van der Waals surface area contributed by atoms with Crippen LogP contribution in [-0.4, -0.2) is 31.1 Å². The third kappa shape index (κ3) is 1.62. The molecule has 0 aromatic heterocycles. The number of sulfonamides is 1. The van der Waals surface area contributed by atoms with E-state index in [1.165, 1.54) is 0 Å². The van der Waals surface area contributed by atoms with E-state index in [9.17, 15) is 8.42 Å². The van der Waals surface area contributed by atoms with Crippen LogP contribution in [-0.2, 0) is 10.0 Å². The lowest BCUT2D eigenvalue weighted by atomic mass is 10.0. The highest BCUT2D eigenvalue weighted by Crippen LogP contribution is 2.34. The summed E-state index contributed by atoms with van der Waals surface area (Å²) in [7, 11) is -2.90. The zero-order valence-electron chi connectivity index (χ0n) is 8.23. The van der Waals surface area contributed by atoms with Gasteiger partial charge >= 0.3 is 0 Å². The summed E-state index contributed by atoms with van der Waals surface area (Å²) in [5.41, 5.74) is 0. The van der Waals surface area contributed by atoms with E-state index >= 15 is 0 Å². The van der Waals surface area contributed by atoms with Crippen molar-refractivity contribution in [2.45, 2.75) is 31.9 Å². The lowest BCUT2D eigenvalue weighted by Crippen LogP contribution is -2.31. The van der Waals surface area contributed by atoms with Gasteiger partial charge in [0.15, 0.2) is 0 Å². The van der Waals surface area contributed by atoms with Gasteiger partial charge in [-0.05, 0) is 24.7 Å². The Kier molecular flexibility index (Phi) is 2.15. The van der Waals surface area contributed by atoms with Crippen molar-refractivity contribution >= 4 is 10.0 Å². The topological polar surface area (TPSA) is 37.4 Å². The third-order valence-electron chi connectivity index (χ3n) is 3.26. The molecule has 1 heterocycles. The van der Waals surface area contributed by atoms with Gasteiger partial charge in [-0.3, -0.25) is 0 Å². The second-order valence-corrected chi connectivity index (χ2v) is 6.73. The Hall–Kier alpha value is -0.0900. The highest BCUT2D eigenvalue weighted by molar-refractivity contribution is 7.90. The Morgan fingerprint density at radius 3 is 1.92 bits per heavy atom. The van der Waals surface area contributed by atoms with E-state index in [-0.39, 0.29) is 5.25 Å². The quantitative estimate of drug-likeness (QED) is 0.673. The van der Waals surface area contributed by atoms with Crippen LogP contribution < -0.4 is 0 Å². The second kappa shape index (κ2) is 2.95. The minimum absolute atomic E-state index is 0.0370. The van der Waals surface area contributed by atoms with Crippen molar-refractivity contribution in [3.05, 3.63) is 0 Å². The van der Waals surface area contributed by atoms with Crippen molar-refractivity contribution in [1.82, 2.24) is 4.31 Å². The molecule has 0 amide bonds. The molecule has 2 unspecified atom stereocenters.